The number of amides is 1. The number of rotatable bonds is 4. The number of hydrogen-bond acceptors (Lipinski definition) is 5. The fraction of sp³-hybridized carbons (Fsp3) is 0.636. The normalized spacial score (nSPS) is 23.6. The van der Waals surface area contributed by atoms with E-state index >= 15 is 0 Å². The fourth-order valence-electron chi connectivity index (χ4n) is 1.76. The van der Waals surface area contributed by atoms with E-state index in [1.165, 1.54) is 13.2 Å². The number of esters is 1. The second kappa shape index (κ2) is 6.90. The van der Waals surface area contributed by atoms with Crippen LogP contribution >= 0.6 is 0 Å². The Hall–Kier alpha value is -1.56. The van der Waals surface area contributed by atoms with Crippen LogP contribution in [0.3, 0.4) is 0 Å². The first-order chi connectivity index (χ1) is 8.19. The lowest BCUT2D eigenvalue weighted by atomic mass is 9.93. The zero-order chi connectivity index (χ0) is 12.7. The predicted molar refractivity (Wildman–Crippen MR) is 61.5 cm³/mol. The van der Waals surface area contributed by atoms with E-state index in [1.807, 2.05) is 0 Å². The summed E-state index contributed by atoms with van der Waals surface area (Å²) in [5, 5.41) is 5.76. The van der Waals surface area contributed by atoms with Gasteiger partial charge in [-0.25, -0.2) is 4.79 Å². The Balaban J connectivity index is 2.50. The van der Waals surface area contributed by atoms with Gasteiger partial charge in [0.1, 0.15) is 6.61 Å². The van der Waals surface area contributed by atoms with Gasteiger partial charge in [-0.3, -0.25) is 4.79 Å². The third kappa shape index (κ3) is 4.07. The van der Waals surface area contributed by atoms with Crippen LogP contribution in [-0.4, -0.2) is 44.9 Å². The number of nitrogens with one attached hydrogen (secondary N) is 2. The molecule has 1 fully saturated rings. The van der Waals surface area contributed by atoms with E-state index in [0.29, 0.717) is 13.0 Å². The highest BCUT2D eigenvalue weighted by Gasteiger charge is 2.32. The highest BCUT2D eigenvalue weighted by molar-refractivity contribution is 5.75. The van der Waals surface area contributed by atoms with E-state index in [1.54, 1.807) is 0 Å². The molecule has 17 heavy (non-hydrogen) atoms. The minimum absolute atomic E-state index is 0.152. The molecular formula is C11H18N2O4. The van der Waals surface area contributed by atoms with E-state index in [2.05, 4.69) is 17.2 Å². The molecule has 0 aromatic heterocycles. The average Bonchev–Trinajstić information content (AvgIpc) is 2.36. The maximum Gasteiger partial charge on any atom is 0.407 e. The lowest BCUT2D eigenvalue weighted by Crippen LogP contribution is -2.52. The highest BCUT2D eigenvalue weighted by atomic mass is 16.5. The number of methoxy groups -OCH3 is 1. The third-order valence-corrected chi connectivity index (χ3v) is 2.62. The van der Waals surface area contributed by atoms with Gasteiger partial charge in [-0.15, -0.1) is 0 Å². The van der Waals surface area contributed by atoms with Crippen LogP contribution in [0.4, 0.5) is 4.79 Å². The van der Waals surface area contributed by atoms with Crippen LogP contribution < -0.4 is 10.6 Å². The molecule has 6 nitrogen and oxygen atoms in total. The van der Waals surface area contributed by atoms with E-state index in [4.69, 9.17) is 9.47 Å². The van der Waals surface area contributed by atoms with Crippen molar-refractivity contribution in [3.05, 3.63) is 12.7 Å². The summed E-state index contributed by atoms with van der Waals surface area (Å²) in [7, 11) is 1.34. The summed E-state index contributed by atoms with van der Waals surface area (Å²) in [5.41, 5.74) is 0. The molecule has 0 aromatic carbocycles. The van der Waals surface area contributed by atoms with Gasteiger partial charge in [-0.1, -0.05) is 12.7 Å². The van der Waals surface area contributed by atoms with Crippen molar-refractivity contribution >= 4 is 12.1 Å². The summed E-state index contributed by atoms with van der Waals surface area (Å²) < 4.78 is 9.51. The molecule has 0 spiro atoms. The Morgan fingerprint density at radius 3 is 3.00 bits per heavy atom. The van der Waals surface area contributed by atoms with Gasteiger partial charge in [-0.2, -0.15) is 0 Å². The largest absolute Gasteiger partial charge is 0.469 e. The number of carbonyl (C=O) groups is 2. The number of alkyl carbamates (subject to hydrolysis) is 1. The Bertz CT molecular complexity index is 293. The van der Waals surface area contributed by atoms with Crippen LogP contribution in [0.15, 0.2) is 12.7 Å². The quantitative estimate of drug-likeness (QED) is 0.538. The van der Waals surface area contributed by atoms with Crippen LogP contribution in [-0.2, 0) is 14.3 Å². The smallest absolute Gasteiger partial charge is 0.407 e. The molecule has 0 radical (unpaired) electrons. The van der Waals surface area contributed by atoms with Crippen LogP contribution in [0.25, 0.3) is 0 Å². The van der Waals surface area contributed by atoms with Gasteiger partial charge in [0.2, 0.25) is 0 Å². The molecule has 0 aliphatic carbocycles. The minimum Gasteiger partial charge on any atom is -0.469 e. The molecule has 6 heteroatoms. The van der Waals surface area contributed by atoms with Crippen molar-refractivity contribution in [2.45, 2.75) is 12.5 Å². The summed E-state index contributed by atoms with van der Waals surface area (Å²) in [6.45, 7) is 4.85. The zero-order valence-electron chi connectivity index (χ0n) is 9.90. The first-order valence-electron chi connectivity index (χ1n) is 5.51. The first kappa shape index (κ1) is 13.5. The number of ether oxygens (including phenoxy) is 2. The predicted octanol–water partition coefficient (Wildman–Crippen LogP) is 0.0497. The number of hydrogen-bond donors (Lipinski definition) is 2. The second-order valence-electron chi connectivity index (χ2n) is 3.76. The van der Waals surface area contributed by atoms with Crippen molar-refractivity contribution in [3.8, 4) is 0 Å². The topological polar surface area (TPSA) is 76.7 Å². The van der Waals surface area contributed by atoms with Gasteiger partial charge >= 0.3 is 12.1 Å². The maximum absolute atomic E-state index is 11.5. The lowest BCUT2D eigenvalue weighted by molar-refractivity contribution is -0.146. The van der Waals surface area contributed by atoms with E-state index < -0.39 is 6.09 Å². The second-order valence-corrected chi connectivity index (χ2v) is 3.76. The monoisotopic (exact) mass is 242 g/mol. The van der Waals surface area contributed by atoms with Crippen molar-refractivity contribution in [1.82, 2.24) is 10.6 Å². The van der Waals surface area contributed by atoms with E-state index in [-0.39, 0.29) is 24.5 Å². The summed E-state index contributed by atoms with van der Waals surface area (Å²) in [6, 6.07) is -0.249. The van der Waals surface area contributed by atoms with Crippen molar-refractivity contribution in [2.75, 3.05) is 26.8 Å². The van der Waals surface area contributed by atoms with Crippen molar-refractivity contribution in [2.24, 2.45) is 5.92 Å². The highest BCUT2D eigenvalue weighted by Crippen LogP contribution is 2.13. The maximum atomic E-state index is 11.5. The van der Waals surface area contributed by atoms with Crippen LogP contribution in [0.5, 0.6) is 0 Å². The van der Waals surface area contributed by atoms with Gasteiger partial charge in [0.25, 0.3) is 0 Å². The fourth-order valence-corrected chi connectivity index (χ4v) is 1.76. The minimum atomic E-state index is -0.536. The summed E-state index contributed by atoms with van der Waals surface area (Å²) >= 11 is 0. The van der Waals surface area contributed by atoms with Crippen LogP contribution in [0.2, 0.25) is 0 Å². The summed E-state index contributed by atoms with van der Waals surface area (Å²) in [4.78, 5) is 22.9. The number of carbonyl (C=O) groups excluding carboxylic acids is 2. The zero-order valence-corrected chi connectivity index (χ0v) is 9.90. The molecule has 96 valence electrons. The summed E-state index contributed by atoms with van der Waals surface area (Å²) in [5.74, 6) is -0.698. The van der Waals surface area contributed by atoms with Gasteiger partial charge in [-0.05, 0) is 13.0 Å². The molecule has 2 atom stereocenters. The Kier molecular flexibility index (Phi) is 5.48. The molecule has 0 aromatic rings. The molecule has 1 saturated heterocycles. The molecule has 1 rings (SSSR count). The van der Waals surface area contributed by atoms with E-state index in [0.717, 1.165) is 6.54 Å². The molecule has 2 unspecified atom stereocenters. The Morgan fingerprint density at radius 1 is 1.59 bits per heavy atom. The Morgan fingerprint density at radius 2 is 2.35 bits per heavy atom. The first-order valence-corrected chi connectivity index (χ1v) is 5.51. The van der Waals surface area contributed by atoms with E-state index in [9.17, 15) is 9.59 Å². The molecule has 1 aliphatic heterocycles. The van der Waals surface area contributed by atoms with Gasteiger partial charge in [0.05, 0.1) is 13.0 Å². The molecule has 0 saturated carbocycles. The van der Waals surface area contributed by atoms with Crippen molar-refractivity contribution in [3.63, 3.8) is 0 Å². The molecule has 2 N–H and O–H groups in total. The summed E-state index contributed by atoms with van der Waals surface area (Å²) in [6.07, 6.45) is 1.62. The standard InChI is InChI=1S/C11H18N2O4/c1-3-6-17-11(15)13-9-4-5-12-7-8(9)10(14)16-2/h3,8-9,12H,1,4-7H2,2H3,(H,13,15). The van der Waals surface area contributed by atoms with Gasteiger partial charge in [0, 0.05) is 12.6 Å². The molecule has 1 aliphatic rings. The van der Waals surface area contributed by atoms with Gasteiger partial charge in [0.15, 0.2) is 0 Å². The molecule has 1 heterocycles. The van der Waals surface area contributed by atoms with Gasteiger partial charge < -0.3 is 20.1 Å². The van der Waals surface area contributed by atoms with Crippen molar-refractivity contribution < 1.29 is 19.1 Å². The average molecular weight is 242 g/mol. The van der Waals surface area contributed by atoms with Crippen LogP contribution in [0, 0.1) is 5.92 Å². The molecular weight excluding hydrogens is 224 g/mol. The number of piperidine rings is 1. The molecule has 1 amide bonds. The molecule has 0 bridgehead atoms. The van der Waals surface area contributed by atoms with Crippen molar-refractivity contribution in [1.29, 1.82) is 0 Å². The Labute approximate surface area is 100 Å². The lowest BCUT2D eigenvalue weighted by Gasteiger charge is -2.30. The third-order valence-electron chi connectivity index (χ3n) is 2.62. The SMILES string of the molecule is C=CCOC(=O)NC1CCNCC1C(=O)OC. The van der Waals surface area contributed by atoms with Crippen LogP contribution in [0.1, 0.15) is 6.42 Å².